The van der Waals surface area contributed by atoms with Gasteiger partial charge in [-0.3, -0.25) is 4.79 Å². The van der Waals surface area contributed by atoms with E-state index in [1.54, 1.807) is 30.3 Å². The van der Waals surface area contributed by atoms with Gasteiger partial charge in [0.05, 0.1) is 12.3 Å². The molecule has 0 radical (unpaired) electrons. The second-order valence-corrected chi connectivity index (χ2v) is 5.38. The monoisotopic (exact) mass is 316 g/mol. The number of aliphatic hydroxyl groups excluding tert-OH is 1. The molecule has 1 amide bonds. The van der Waals surface area contributed by atoms with E-state index >= 15 is 0 Å². The lowest BCUT2D eigenvalue weighted by molar-refractivity contribution is -0.126. The zero-order chi connectivity index (χ0) is 16.4. The van der Waals surface area contributed by atoms with Crippen molar-refractivity contribution in [2.75, 3.05) is 23.8 Å². The third-order valence-corrected chi connectivity index (χ3v) is 3.74. The van der Waals surface area contributed by atoms with Crippen molar-refractivity contribution in [2.45, 2.75) is 12.5 Å². The number of benzene rings is 2. The number of nitrogen functional groups attached to an aromatic ring is 1. The van der Waals surface area contributed by atoms with Crippen molar-refractivity contribution >= 4 is 17.3 Å². The van der Waals surface area contributed by atoms with Crippen molar-refractivity contribution in [2.24, 2.45) is 0 Å². The van der Waals surface area contributed by atoms with Gasteiger partial charge in [0.1, 0.15) is 11.6 Å². The summed E-state index contributed by atoms with van der Waals surface area (Å²) in [4.78, 5) is 14.1. The quantitative estimate of drug-likeness (QED) is 0.843. The number of ether oxygens (including phenoxy) is 1. The Kier molecular flexibility index (Phi) is 4.16. The molecule has 0 spiro atoms. The second-order valence-electron chi connectivity index (χ2n) is 5.38. The number of halogens is 1. The molecule has 1 atom stereocenters. The zero-order valence-electron chi connectivity index (χ0n) is 12.4. The van der Waals surface area contributed by atoms with E-state index in [-0.39, 0.29) is 24.9 Å². The number of rotatable bonds is 4. The Morgan fingerprint density at radius 3 is 2.65 bits per heavy atom. The smallest absolute Gasteiger partial charge is 0.268 e. The molecule has 23 heavy (non-hydrogen) atoms. The molecule has 2 aromatic carbocycles. The van der Waals surface area contributed by atoms with E-state index in [4.69, 9.17) is 10.5 Å². The van der Waals surface area contributed by atoms with Crippen molar-refractivity contribution in [1.82, 2.24) is 0 Å². The first-order valence-corrected chi connectivity index (χ1v) is 7.31. The Morgan fingerprint density at radius 1 is 1.22 bits per heavy atom. The summed E-state index contributed by atoms with van der Waals surface area (Å²) in [6.07, 6.45) is -0.395. The van der Waals surface area contributed by atoms with E-state index in [0.717, 1.165) is 5.56 Å². The van der Waals surface area contributed by atoms with Crippen LogP contribution in [0.5, 0.6) is 5.75 Å². The number of amides is 1. The molecule has 0 fully saturated rings. The number of nitrogens with two attached hydrogens (primary N) is 1. The topological polar surface area (TPSA) is 75.8 Å². The Bertz CT molecular complexity index is 718. The molecule has 3 N–H and O–H groups in total. The van der Waals surface area contributed by atoms with Crippen LogP contribution in [-0.4, -0.2) is 30.3 Å². The largest absolute Gasteiger partial charge is 0.478 e. The molecule has 0 aliphatic carbocycles. The van der Waals surface area contributed by atoms with Crippen LogP contribution in [0.25, 0.3) is 0 Å². The maximum absolute atomic E-state index is 13.0. The number of anilines is 2. The van der Waals surface area contributed by atoms with Crippen LogP contribution in [0.4, 0.5) is 15.8 Å². The second kappa shape index (κ2) is 6.26. The molecule has 1 aliphatic heterocycles. The van der Waals surface area contributed by atoms with Gasteiger partial charge in [-0.2, -0.15) is 0 Å². The highest BCUT2D eigenvalue weighted by atomic mass is 19.1. The minimum Gasteiger partial charge on any atom is -0.478 e. The molecule has 0 bridgehead atoms. The SMILES string of the molecule is Nc1ccc2c(c1)N(CCO)C(=O)C(Cc1ccc(F)cc1)O2. The highest BCUT2D eigenvalue weighted by molar-refractivity contribution is 6.00. The van der Waals surface area contributed by atoms with E-state index in [0.29, 0.717) is 23.5 Å². The van der Waals surface area contributed by atoms with Crippen LogP contribution in [0.1, 0.15) is 5.56 Å². The fraction of sp³-hybridized carbons (Fsp3) is 0.235. The van der Waals surface area contributed by atoms with E-state index in [2.05, 4.69) is 0 Å². The van der Waals surface area contributed by atoms with Crippen LogP contribution in [0.3, 0.4) is 0 Å². The van der Waals surface area contributed by atoms with Crippen molar-refractivity contribution in [3.05, 3.63) is 53.8 Å². The van der Waals surface area contributed by atoms with Crippen LogP contribution >= 0.6 is 0 Å². The maximum Gasteiger partial charge on any atom is 0.268 e. The minimum atomic E-state index is -0.719. The lowest BCUT2D eigenvalue weighted by Gasteiger charge is -2.34. The average molecular weight is 316 g/mol. The fourth-order valence-corrected chi connectivity index (χ4v) is 2.64. The van der Waals surface area contributed by atoms with E-state index in [9.17, 15) is 14.3 Å². The van der Waals surface area contributed by atoms with Crippen LogP contribution in [0.15, 0.2) is 42.5 Å². The van der Waals surface area contributed by atoms with Crippen LogP contribution in [0, 0.1) is 5.82 Å². The number of aliphatic hydroxyl groups is 1. The molecule has 3 rings (SSSR count). The Morgan fingerprint density at radius 2 is 1.96 bits per heavy atom. The summed E-state index contributed by atoms with van der Waals surface area (Å²) in [5.74, 6) is -0.0341. The molecule has 1 heterocycles. The van der Waals surface area contributed by atoms with Gasteiger partial charge in [0.2, 0.25) is 0 Å². The molecular formula is C17H17FN2O3. The summed E-state index contributed by atoms with van der Waals surface area (Å²) >= 11 is 0. The summed E-state index contributed by atoms with van der Waals surface area (Å²) in [6, 6.07) is 11.0. The Balaban J connectivity index is 1.89. The van der Waals surface area contributed by atoms with Crippen molar-refractivity contribution in [3.63, 3.8) is 0 Å². The maximum atomic E-state index is 13.0. The highest BCUT2D eigenvalue weighted by Gasteiger charge is 2.34. The van der Waals surface area contributed by atoms with E-state index in [1.165, 1.54) is 17.0 Å². The average Bonchev–Trinajstić information content (AvgIpc) is 2.54. The van der Waals surface area contributed by atoms with E-state index < -0.39 is 6.10 Å². The molecule has 1 unspecified atom stereocenters. The van der Waals surface area contributed by atoms with Crippen LogP contribution in [-0.2, 0) is 11.2 Å². The summed E-state index contributed by atoms with van der Waals surface area (Å²) in [5, 5.41) is 9.23. The van der Waals surface area contributed by atoms with Gasteiger partial charge in [-0.25, -0.2) is 4.39 Å². The van der Waals surface area contributed by atoms with Gasteiger partial charge >= 0.3 is 0 Å². The predicted molar refractivity (Wildman–Crippen MR) is 84.8 cm³/mol. The Labute approximate surface area is 133 Å². The first kappa shape index (κ1) is 15.3. The summed E-state index contributed by atoms with van der Waals surface area (Å²) in [7, 11) is 0. The van der Waals surface area contributed by atoms with Gasteiger partial charge in [0.25, 0.3) is 5.91 Å². The van der Waals surface area contributed by atoms with Crippen molar-refractivity contribution in [1.29, 1.82) is 0 Å². The van der Waals surface area contributed by atoms with Gasteiger partial charge in [-0.1, -0.05) is 12.1 Å². The van der Waals surface area contributed by atoms with Crippen LogP contribution in [0.2, 0.25) is 0 Å². The number of β-amino-alcohol motifs (C(OH)–C–C–N with tert-alkyl or cyclic N) is 1. The lowest BCUT2D eigenvalue weighted by Crippen LogP contribution is -2.48. The van der Waals surface area contributed by atoms with Crippen molar-refractivity contribution in [3.8, 4) is 5.75 Å². The van der Waals surface area contributed by atoms with Gasteiger partial charge in [0, 0.05) is 18.7 Å². The normalized spacial score (nSPS) is 16.9. The minimum absolute atomic E-state index is 0.163. The first-order chi connectivity index (χ1) is 11.1. The molecule has 120 valence electrons. The summed E-state index contributed by atoms with van der Waals surface area (Å²) in [6.45, 7) is 0.00180. The standard InChI is InChI=1S/C17H17FN2O3/c18-12-3-1-11(2-4-12)9-16-17(22)20(7-8-21)14-10-13(19)5-6-15(14)23-16/h1-6,10,16,21H,7-9,19H2. The lowest BCUT2D eigenvalue weighted by atomic mass is 10.0. The van der Waals surface area contributed by atoms with Crippen LogP contribution < -0.4 is 15.4 Å². The van der Waals surface area contributed by atoms with E-state index in [1.807, 2.05) is 0 Å². The number of nitrogens with zero attached hydrogens (tertiary/aromatic N) is 1. The molecule has 6 heteroatoms. The molecule has 5 nitrogen and oxygen atoms in total. The number of hydrogen-bond acceptors (Lipinski definition) is 4. The molecule has 2 aromatic rings. The number of carbonyl (C=O) groups excluding carboxylic acids is 1. The summed E-state index contributed by atoms with van der Waals surface area (Å²) in [5.41, 5.74) is 7.63. The van der Waals surface area contributed by atoms with Crippen molar-refractivity contribution < 1.29 is 19.0 Å². The summed E-state index contributed by atoms with van der Waals surface area (Å²) < 4.78 is 18.8. The van der Waals surface area contributed by atoms with Gasteiger partial charge in [0.15, 0.2) is 6.10 Å². The third-order valence-electron chi connectivity index (χ3n) is 3.74. The fourth-order valence-electron chi connectivity index (χ4n) is 2.64. The molecule has 1 aliphatic rings. The first-order valence-electron chi connectivity index (χ1n) is 7.31. The number of hydrogen-bond donors (Lipinski definition) is 2. The molecule has 0 saturated carbocycles. The van der Waals surface area contributed by atoms with Gasteiger partial charge in [-0.05, 0) is 35.9 Å². The molecule has 0 saturated heterocycles. The zero-order valence-corrected chi connectivity index (χ0v) is 12.4. The van der Waals surface area contributed by atoms with Gasteiger partial charge < -0.3 is 20.5 Å². The molecular weight excluding hydrogens is 299 g/mol. The Hall–Kier alpha value is -2.60. The number of fused-ring (bicyclic) bond motifs is 1. The predicted octanol–water partition coefficient (Wildman–Crippen LogP) is 1.74. The highest BCUT2D eigenvalue weighted by Crippen LogP contribution is 2.36. The van der Waals surface area contributed by atoms with Gasteiger partial charge in [-0.15, -0.1) is 0 Å². The molecule has 0 aromatic heterocycles. The number of carbonyl (C=O) groups is 1. The third kappa shape index (κ3) is 3.12.